The van der Waals surface area contributed by atoms with Crippen LogP contribution in [0.2, 0.25) is 0 Å². The summed E-state index contributed by atoms with van der Waals surface area (Å²) in [6, 6.07) is 14.9. The van der Waals surface area contributed by atoms with Crippen molar-refractivity contribution < 1.29 is 0 Å². The number of hydrogen-bond acceptors (Lipinski definition) is 2. The number of rotatable bonds is 1. The van der Waals surface area contributed by atoms with Crippen molar-refractivity contribution in [3.05, 3.63) is 68.2 Å². The molecule has 2 heteroatoms. The molecule has 0 bridgehead atoms. The molecule has 0 N–H and O–H groups in total. The fourth-order valence-electron chi connectivity index (χ4n) is 2.24. The Bertz CT molecular complexity index is 824. The predicted molar refractivity (Wildman–Crippen MR) is 94.3 cm³/mol. The Kier molecular flexibility index (Phi) is 3.96. The highest BCUT2D eigenvalue weighted by molar-refractivity contribution is 7.15. The Morgan fingerprint density at radius 3 is 2.00 bits per heavy atom. The summed E-state index contributed by atoms with van der Waals surface area (Å²) in [6.07, 6.45) is 0. The highest BCUT2D eigenvalue weighted by Gasteiger charge is 2.05. The largest absolute Gasteiger partial charge is 0.145 e. The second-order valence-electron chi connectivity index (χ2n) is 5.02. The molecule has 3 rings (SSSR count). The van der Waals surface area contributed by atoms with Gasteiger partial charge in [0, 0.05) is 30.6 Å². The smallest absolute Gasteiger partial charge is 0.0391 e. The molecule has 0 aliphatic heterocycles. The lowest BCUT2D eigenvalue weighted by Crippen LogP contribution is -1.74. The monoisotopic (exact) mass is 308 g/mol. The van der Waals surface area contributed by atoms with E-state index in [2.05, 4.69) is 69.0 Å². The first-order chi connectivity index (χ1) is 10.1. The van der Waals surface area contributed by atoms with Crippen LogP contribution in [0.4, 0.5) is 0 Å². The Labute approximate surface area is 134 Å². The summed E-state index contributed by atoms with van der Waals surface area (Å²) in [6.45, 7) is 6.41. The lowest BCUT2D eigenvalue weighted by molar-refractivity contribution is 1.55. The van der Waals surface area contributed by atoms with E-state index in [1.54, 1.807) is 0 Å². The zero-order chi connectivity index (χ0) is 14.8. The van der Waals surface area contributed by atoms with Gasteiger partial charge in [-0.25, -0.2) is 0 Å². The molecule has 0 atom stereocenters. The van der Waals surface area contributed by atoms with E-state index >= 15 is 0 Å². The summed E-state index contributed by atoms with van der Waals surface area (Å²) in [7, 11) is 0. The molecule has 0 aliphatic rings. The van der Waals surface area contributed by atoms with Gasteiger partial charge in [0.15, 0.2) is 0 Å². The van der Waals surface area contributed by atoms with Gasteiger partial charge in [0.25, 0.3) is 0 Å². The summed E-state index contributed by atoms with van der Waals surface area (Å²) in [5, 5.41) is 0. The van der Waals surface area contributed by atoms with Crippen molar-refractivity contribution in [3.63, 3.8) is 0 Å². The van der Waals surface area contributed by atoms with Gasteiger partial charge >= 0.3 is 0 Å². The molecule has 0 nitrogen and oxygen atoms in total. The number of hydrogen-bond donors (Lipinski definition) is 0. The van der Waals surface area contributed by atoms with Crippen molar-refractivity contribution in [1.82, 2.24) is 0 Å². The SMILES string of the molecule is Cc1cc(C#Cc2cc(-c3ccccc3)sc2C)c(C)s1. The van der Waals surface area contributed by atoms with Gasteiger partial charge in [0.1, 0.15) is 0 Å². The van der Waals surface area contributed by atoms with Crippen molar-refractivity contribution in [1.29, 1.82) is 0 Å². The van der Waals surface area contributed by atoms with E-state index in [0.717, 1.165) is 11.1 Å². The summed E-state index contributed by atoms with van der Waals surface area (Å²) in [5.41, 5.74) is 3.56. The quantitative estimate of drug-likeness (QED) is 0.498. The van der Waals surface area contributed by atoms with Crippen LogP contribution in [-0.2, 0) is 0 Å². The highest BCUT2D eigenvalue weighted by Crippen LogP contribution is 2.30. The fraction of sp³-hybridized carbons (Fsp3) is 0.158. The van der Waals surface area contributed by atoms with Gasteiger partial charge in [-0.2, -0.15) is 0 Å². The fourth-order valence-corrected chi connectivity index (χ4v) is 4.10. The lowest BCUT2D eigenvalue weighted by Gasteiger charge is -1.93. The number of benzene rings is 1. The van der Waals surface area contributed by atoms with E-state index in [4.69, 9.17) is 0 Å². The first kappa shape index (κ1) is 14.1. The van der Waals surface area contributed by atoms with Gasteiger partial charge in [-0.15, -0.1) is 22.7 Å². The van der Waals surface area contributed by atoms with E-state index in [1.165, 1.54) is 25.1 Å². The van der Waals surface area contributed by atoms with Crippen LogP contribution < -0.4 is 0 Å². The van der Waals surface area contributed by atoms with Crippen LogP contribution in [0.5, 0.6) is 0 Å². The van der Waals surface area contributed by atoms with Gasteiger partial charge in [-0.05, 0) is 38.5 Å². The van der Waals surface area contributed by atoms with E-state index < -0.39 is 0 Å². The summed E-state index contributed by atoms with van der Waals surface area (Å²) in [5.74, 6) is 6.66. The zero-order valence-electron chi connectivity index (χ0n) is 12.4. The number of aryl methyl sites for hydroxylation is 3. The molecule has 2 aromatic heterocycles. The Balaban J connectivity index is 1.95. The topological polar surface area (TPSA) is 0 Å². The second-order valence-corrected chi connectivity index (χ2v) is 7.74. The van der Waals surface area contributed by atoms with Crippen molar-refractivity contribution in [2.24, 2.45) is 0 Å². The molecule has 0 saturated heterocycles. The molecule has 0 fully saturated rings. The molecule has 0 radical (unpaired) electrons. The molecule has 0 amide bonds. The zero-order valence-corrected chi connectivity index (χ0v) is 14.0. The highest BCUT2D eigenvalue weighted by atomic mass is 32.1. The minimum atomic E-state index is 1.14. The maximum atomic E-state index is 3.34. The Hall–Kier alpha value is -1.82. The molecule has 0 saturated carbocycles. The third kappa shape index (κ3) is 3.10. The average molecular weight is 308 g/mol. The van der Waals surface area contributed by atoms with Crippen molar-refractivity contribution >= 4 is 22.7 Å². The lowest BCUT2D eigenvalue weighted by atomic mass is 10.1. The van der Waals surface area contributed by atoms with Crippen LogP contribution >= 0.6 is 22.7 Å². The second kappa shape index (κ2) is 5.89. The predicted octanol–water partition coefficient (Wildman–Crippen LogP) is 5.80. The van der Waals surface area contributed by atoms with Crippen LogP contribution in [0, 0.1) is 32.6 Å². The molecule has 3 aromatic rings. The molecule has 0 spiro atoms. The summed E-state index contributed by atoms with van der Waals surface area (Å²) in [4.78, 5) is 5.20. The van der Waals surface area contributed by atoms with Crippen molar-refractivity contribution in [3.8, 4) is 22.3 Å². The molecule has 2 heterocycles. The van der Waals surface area contributed by atoms with Crippen LogP contribution in [0.3, 0.4) is 0 Å². The minimum absolute atomic E-state index is 1.14. The average Bonchev–Trinajstić information content (AvgIpc) is 3.00. The standard InChI is InChI=1S/C19H16S2/c1-13-11-17(14(2)20-13)9-10-18-12-19(21-15(18)3)16-7-5-4-6-8-16/h4-8,11-12H,1-3H3. The van der Waals surface area contributed by atoms with Crippen LogP contribution in [0.15, 0.2) is 42.5 Å². The molecule has 0 unspecified atom stereocenters. The molecule has 0 aliphatic carbocycles. The van der Waals surface area contributed by atoms with Crippen LogP contribution in [0.25, 0.3) is 10.4 Å². The molecular formula is C19H16S2. The van der Waals surface area contributed by atoms with E-state index in [-0.39, 0.29) is 0 Å². The summed E-state index contributed by atoms with van der Waals surface area (Å²) < 4.78 is 0. The van der Waals surface area contributed by atoms with E-state index in [1.807, 2.05) is 28.7 Å². The Morgan fingerprint density at radius 2 is 1.38 bits per heavy atom. The molecule has 21 heavy (non-hydrogen) atoms. The maximum Gasteiger partial charge on any atom is 0.0391 e. The maximum absolute atomic E-state index is 3.34. The minimum Gasteiger partial charge on any atom is -0.145 e. The van der Waals surface area contributed by atoms with Crippen molar-refractivity contribution in [2.75, 3.05) is 0 Å². The van der Waals surface area contributed by atoms with Gasteiger partial charge in [-0.3, -0.25) is 0 Å². The van der Waals surface area contributed by atoms with Gasteiger partial charge < -0.3 is 0 Å². The number of thiophene rings is 2. The van der Waals surface area contributed by atoms with E-state index in [9.17, 15) is 0 Å². The van der Waals surface area contributed by atoms with E-state index in [0.29, 0.717) is 0 Å². The van der Waals surface area contributed by atoms with Crippen LogP contribution in [0.1, 0.15) is 25.8 Å². The first-order valence-electron chi connectivity index (χ1n) is 6.88. The normalized spacial score (nSPS) is 10.2. The van der Waals surface area contributed by atoms with Gasteiger partial charge in [0.2, 0.25) is 0 Å². The molecular weight excluding hydrogens is 292 g/mol. The first-order valence-corrected chi connectivity index (χ1v) is 8.51. The summed E-state index contributed by atoms with van der Waals surface area (Å²) >= 11 is 3.62. The third-order valence-electron chi connectivity index (χ3n) is 3.35. The van der Waals surface area contributed by atoms with Crippen LogP contribution in [-0.4, -0.2) is 0 Å². The van der Waals surface area contributed by atoms with Gasteiger partial charge in [-0.1, -0.05) is 42.2 Å². The van der Waals surface area contributed by atoms with Gasteiger partial charge in [0.05, 0.1) is 0 Å². The molecule has 1 aromatic carbocycles. The van der Waals surface area contributed by atoms with Crippen molar-refractivity contribution in [2.45, 2.75) is 20.8 Å². The molecule has 104 valence electrons. The Morgan fingerprint density at radius 1 is 0.762 bits per heavy atom. The third-order valence-corrected chi connectivity index (χ3v) is 5.41.